The largest absolute Gasteiger partial charge is 0.350 e. The van der Waals surface area contributed by atoms with Crippen LogP contribution in [-0.2, 0) is 6.54 Å². The number of hydrogen-bond donors (Lipinski definition) is 1. The number of aromatic nitrogens is 2. The Kier molecular flexibility index (Phi) is 2.72. The number of para-hydroxylation sites is 1. The minimum atomic E-state index is -0.0510. The van der Waals surface area contributed by atoms with Crippen molar-refractivity contribution in [1.82, 2.24) is 14.9 Å². The Hall–Kier alpha value is -2.33. The summed E-state index contributed by atoms with van der Waals surface area (Å²) in [6.07, 6.45) is 0. The van der Waals surface area contributed by atoms with E-state index in [-0.39, 0.29) is 5.91 Å². The van der Waals surface area contributed by atoms with Gasteiger partial charge in [0.15, 0.2) is 0 Å². The van der Waals surface area contributed by atoms with Crippen LogP contribution in [0.3, 0.4) is 0 Å². The molecule has 0 saturated carbocycles. The normalized spacial score (nSPS) is 14.0. The molecule has 0 bridgehead atoms. The molecular formula is C16H12ClN3O. The highest BCUT2D eigenvalue weighted by atomic mass is 35.5. The molecule has 1 aliphatic rings. The first kappa shape index (κ1) is 12.4. The second-order valence-electron chi connectivity index (χ2n) is 5.00. The first-order chi connectivity index (χ1) is 10.3. The summed E-state index contributed by atoms with van der Waals surface area (Å²) in [5.74, 6) is 0.754. The van der Waals surface area contributed by atoms with Crippen molar-refractivity contribution in [3.8, 4) is 11.4 Å². The molecule has 2 heterocycles. The summed E-state index contributed by atoms with van der Waals surface area (Å²) in [7, 11) is 0. The first-order valence-electron chi connectivity index (χ1n) is 6.78. The number of nitrogens with zero attached hydrogens (tertiary/aromatic N) is 2. The lowest BCUT2D eigenvalue weighted by Crippen LogP contribution is -2.24. The van der Waals surface area contributed by atoms with E-state index < -0.39 is 0 Å². The highest BCUT2D eigenvalue weighted by molar-refractivity contribution is 6.33. The Morgan fingerprint density at radius 3 is 2.76 bits per heavy atom. The maximum atomic E-state index is 12.1. The van der Waals surface area contributed by atoms with Gasteiger partial charge in [0.25, 0.3) is 5.91 Å². The SMILES string of the molecule is O=C1NCCn2c(-c3ccccc3Cl)nc3cccc1c32. The van der Waals surface area contributed by atoms with Gasteiger partial charge in [-0.05, 0) is 24.3 Å². The van der Waals surface area contributed by atoms with Gasteiger partial charge in [-0.2, -0.15) is 0 Å². The van der Waals surface area contributed by atoms with Crippen LogP contribution >= 0.6 is 11.6 Å². The van der Waals surface area contributed by atoms with E-state index in [0.717, 1.165) is 22.4 Å². The summed E-state index contributed by atoms with van der Waals surface area (Å²) in [5, 5.41) is 3.57. The minimum absolute atomic E-state index is 0.0510. The third kappa shape index (κ3) is 1.83. The minimum Gasteiger partial charge on any atom is -0.350 e. The van der Waals surface area contributed by atoms with Crippen molar-refractivity contribution in [3.63, 3.8) is 0 Å². The molecule has 0 saturated heterocycles. The number of nitrogens with one attached hydrogen (secondary N) is 1. The molecule has 4 nitrogen and oxygen atoms in total. The number of amides is 1. The smallest absolute Gasteiger partial charge is 0.253 e. The summed E-state index contributed by atoms with van der Waals surface area (Å²) in [6, 6.07) is 13.3. The zero-order valence-electron chi connectivity index (χ0n) is 11.1. The van der Waals surface area contributed by atoms with Crippen molar-refractivity contribution in [1.29, 1.82) is 0 Å². The van der Waals surface area contributed by atoms with Crippen LogP contribution in [0.1, 0.15) is 10.4 Å². The van der Waals surface area contributed by atoms with Crippen LogP contribution < -0.4 is 5.32 Å². The lowest BCUT2D eigenvalue weighted by atomic mass is 10.1. The number of hydrogen-bond acceptors (Lipinski definition) is 2. The van der Waals surface area contributed by atoms with Crippen molar-refractivity contribution >= 4 is 28.5 Å². The van der Waals surface area contributed by atoms with Crippen molar-refractivity contribution in [2.75, 3.05) is 6.54 Å². The zero-order valence-corrected chi connectivity index (χ0v) is 11.9. The maximum absolute atomic E-state index is 12.1. The number of imidazole rings is 1. The molecule has 21 heavy (non-hydrogen) atoms. The fourth-order valence-electron chi connectivity index (χ4n) is 2.81. The number of carbonyl (C=O) groups excluding carboxylic acids is 1. The molecule has 1 N–H and O–H groups in total. The molecule has 104 valence electrons. The van der Waals surface area contributed by atoms with Crippen LogP contribution in [0.4, 0.5) is 0 Å². The van der Waals surface area contributed by atoms with Crippen LogP contribution in [0, 0.1) is 0 Å². The van der Waals surface area contributed by atoms with Gasteiger partial charge in [-0.15, -0.1) is 0 Å². The van der Waals surface area contributed by atoms with Crippen molar-refractivity contribution in [3.05, 3.63) is 53.1 Å². The summed E-state index contributed by atoms with van der Waals surface area (Å²) in [6.45, 7) is 1.26. The fraction of sp³-hybridized carbons (Fsp3) is 0.125. The lowest BCUT2D eigenvalue weighted by Gasteiger charge is -2.08. The molecule has 4 rings (SSSR count). The number of benzene rings is 2. The predicted octanol–water partition coefficient (Wildman–Crippen LogP) is 3.10. The second-order valence-corrected chi connectivity index (χ2v) is 5.40. The molecule has 0 radical (unpaired) electrons. The average Bonchev–Trinajstić information content (AvgIpc) is 2.77. The van der Waals surface area contributed by atoms with Crippen LogP contribution in [-0.4, -0.2) is 22.0 Å². The van der Waals surface area contributed by atoms with Crippen LogP contribution in [0.25, 0.3) is 22.4 Å². The van der Waals surface area contributed by atoms with Gasteiger partial charge in [0.05, 0.1) is 21.6 Å². The van der Waals surface area contributed by atoms with E-state index in [9.17, 15) is 4.79 Å². The van der Waals surface area contributed by atoms with Crippen molar-refractivity contribution in [2.24, 2.45) is 0 Å². The molecule has 0 aliphatic carbocycles. The topological polar surface area (TPSA) is 46.9 Å². The Morgan fingerprint density at radius 1 is 1.10 bits per heavy atom. The standard InChI is InChI=1S/C16H12ClN3O/c17-12-6-2-1-4-10(12)15-19-13-7-3-5-11-14(13)20(15)9-8-18-16(11)21/h1-7H,8-9H2,(H,18,21). The van der Waals surface area contributed by atoms with E-state index in [1.54, 1.807) is 0 Å². The molecule has 3 aromatic rings. The van der Waals surface area contributed by atoms with E-state index in [0.29, 0.717) is 23.7 Å². The summed E-state index contributed by atoms with van der Waals surface area (Å²) in [4.78, 5) is 16.8. The summed E-state index contributed by atoms with van der Waals surface area (Å²) < 4.78 is 2.07. The Labute approximate surface area is 126 Å². The molecule has 2 aromatic carbocycles. The molecule has 0 unspecified atom stereocenters. The van der Waals surface area contributed by atoms with Gasteiger partial charge in [-0.25, -0.2) is 4.98 Å². The molecule has 0 spiro atoms. The third-order valence-corrected chi connectivity index (χ3v) is 4.08. The highest BCUT2D eigenvalue weighted by Crippen LogP contribution is 2.31. The van der Waals surface area contributed by atoms with Crippen molar-refractivity contribution in [2.45, 2.75) is 6.54 Å². The zero-order chi connectivity index (χ0) is 14.4. The molecular weight excluding hydrogens is 286 g/mol. The van der Waals surface area contributed by atoms with Crippen LogP contribution in [0.5, 0.6) is 0 Å². The number of halogens is 1. The maximum Gasteiger partial charge on any atom is 0.253 e. The second kappa shape index (κ2) is 4.60. The van der Waals surface area contributed by atoms with E-state index in [1.165, 1.54) is 0 Å². The fourth-order valence-corrected chi connectivity index (χ4v) is 3.03. The van der Waals surface area contributed by atoms with E-state index >= 15 is 0 Å². The van der Waals surface area contributed by atoms with Gasteiger partial charge >= 0.3 is 0 Å². The molecule has 0 fully saturated rings. The quantitative estimate of drug-likeness (QED) is 0.750. The van der Waals surface area contributed by atoms with E-state index in [1.807, 2.05) is 42.5 Å². The summed E-state index contributed by atoms with van der Waals surface area (Å²) in [5.41, 5.74) is 3.24. The Balaban J connectivity index is 2.08. The third-order valence-electron chi connectivity index (χ3n) is 3.75. The van der Waals surface area contributed by atoms with E-state index in [4.69, 9.17) is 16.6 Å². The summed E-state index contributed by atoms with van der Waals surface area (Å²) >= 11 is 6.31. The lowest BCUT2D eigenvalue weighted by molar-refractivity contribution is 0.0956. The average molecular weight is 298 g/mol. The van der Waals surface area contributed by atoms with Gasteiger partial charge in [-0.1, -0.05) is 29.8 Å². The Bertz CT molecular complexity index is 869. The highest BCUT2D eigenvalue weighted by Gasteiger charge is 2.22. The molecule has 1 aliphatic heterocycles. The van der Waals surface area contributed by atoms with Gasteiger partial charge in [0.2, 0.25) is 0 Å². The Morgan fingerprint density at radius 2 is 1.90 bits per heavy atom. The molecule has 0 atom stereocenters. The number of rotatable bonds is 1. The number of carbonyl (C=O) groups is 1. The van der Waals surface area contributed by atoms with Crippen molar-refractivity contribution < 1.29 is 4.79 Å². The molecule has 1 aromatic heterocycles. The van der Waals surface area contributed by atoms with Gasteiger partial charge < -0.3 is 9.88 Å². The van der Waals surface area contributed by atoms with Gasteiger partial charge in [-0.3, -0.25) is 4.79 Å². The monoisotopic (exact) mass is 297 g/mol. The van der Waals surface area contributed by atoms with Gasteiger partial charge in [0.1, 0.15) is 5.82 Å². The molecule has 5 heteroatoms. The first-order valence-corrected chi connectivity index (χ1v) is 7.16. The van der Waals surface area contributed by atoms with Crippen LogP contribution in [0.15, 0.2) is 42.5 Å². The predicted molar refractivity (Wildman–Crippen MR) is 82.5 cm³/mol. The molecule has 1 amide bonds. The van der Waals surface area contributed by atoms with E-state index in [2.05, 4.69) is 9.88 Å². The van der Waals surface area contributed by atoms with Gasteiger partial charge in [0, 0.05) is 18.7 Å². The van der Waals surface area contributed by atoms with Crippen LogP contribution in [0.2, 0.25) is 5.02 Å².